The van der Waals surface area contributed by atoms with Gasteiger partial charge in [-0.2, -0.15) is 0 Å². The number of imide groups is 1. The number of carbonyl (C=O) groups excluding carboxylic acids is 2. The van der Waals surface area contributed by atoms with Crippen molar-refractivity contribution in [3.8, 4) is 0 Å². The number of likely N-dealkylation sites (tertiary alicyclic amines) is 1. The van der Waals surface area contributed by atoms with Gasteiger partial charge >= 0.3 is 0 Å². The molecule has 3 fully saturated rings. The van der Waals surface area contributed by atoms with Gasteiger partial charge in [0.2, 0.25) is 0 Å². The number of hydrogen-bond donors (Lipinski definition) is 1. The van der Waals surface area contributed by atoms with E-state index in [1.165, 1.54) is 0 Å². The zero-order valence-electron chi connectivity index (χ0n) is 9.42. The van der Waals surface area contributed by atoms with E-state index in [1.54, 1.807) is 0 Å². The van der Waals surface area contributed by atoms with Gasteiger partial charge < -0.3 is 14.6 Å². The zero-order chi connectivity index (χ0) is 12.0. The summed E-state index contributed by atoms with van der Waals surface area (Å²) >= 11 is 0. The van der Waals surface area contributed by atoms with Gasteiger partial charge in [0, 0.05) is 13.0 Å². The van der Waals surface area contributed by atoms with E-state index in [4.69, 9.17) is 9.47 Å². The van der Waals surface area contributed by atoms with Crippen LogP contribution in [0.15, 0.2) is 0 Å². The summed E-state index contributed by atoms with van der Waals surface area (Å²) in [5, 5.41) is 10.2. The molecule has 0 spiro atoms. The fourth-order valence-electron chi connectivity index (χ4n) is 2.63. The van der Waals surface area contributed by atoms with Gasteiger partial charge in [-0.25, -0.2) is 0 Å². The second-order valence-electron chi connectivity index (χ2n) is 4.98. The first-order valence-corrected chi connectivity index (χ1v) is 5.90. The Morgan fingerprint density at radius 1 is 1.29 bits per heavy atom. The first-order chi connectivity index (χ1) is 8.09. The maximum absolute atomic E-state index is 12.0. The van der Waals surface area contributed by atoms with Crippen LogP contribution in [-0.4, -0.2) is 59.4 Å². The second kappa shape index (κ2) is 3.76. The number of amides is 2. The summed E-state index contributed by atoms with van der Waals surface area (Å²) in [6, 6.07) is 0. The summed E-state index contributed by atoms with van der Waals surface area (Å²) < 4.78 is 10.4. The number of morpholine rings is 1. The summed E-state index contributed by atoms with van der Waals surface area (Å²) in [5.74, 6) is -0.631. The molecular weight excluding hydrogens is 226 g/mol. The van der Waals surface area contributed by atoms with E-state index in [1.807, 2.05) is 0 Å². The highest BCUT2D eigenvalue weighted by Gasteiger charge is 2.49. The Hall–Kier alpha value is -0.980. The fraction of sp³-hybridized carbons (Fsp3) is 0.818. The van der Waals surface area contributed by atoms with Gasteiger partial charge in [-0.3, -0.25) is 14.5 Å². The third kappa shape index (κ3) is 1.76. The fourth-order valence-corrected chi connectivity index (χ4v) is 2.63. The number of carbonyl (C=O) groups is 2. The molecule has 0 aromatic rings. The molecule has 3 heterocycles. The largest absolute Gasteiger partial charge is 0.386 e. The van der Waals surface area contributed by atoms with Gasteiger partial charge in [-0.1, -0.05) is 0 Å². The Labute approximate surface area is 98.5 Å². The summed E-state index contributed by atoms with van der Waals surface area (Å²) in [5.41, 5.74) is -1.08. The Morgan fingerprint density at radius 3 is 2.47 bits per heavy atom. The van der Waals surface area contributed by atoms with E-state index in [2.05, 4.69) is 0 Å². The van der Waals surface area contributed by atoms with Gasteiger partial charge in [0.15, 0.2) is 0 Å². The van der Waals surface area contributed by atoms with Crippen molar-refractivity contribution in [3.05, 3.63) is 0 Å². The normalized spacial score (nSPS) is 41.4. The monoisotopic (exact) mass is 241 g/mol. The number of hydrogen-bond acceptors (Lipinski definition) is 5. The molecule has 6 nitrogen and oxygen atoms in total. The predicted molar refractivity (Wildman–Crippen MR) is 55.0 cm³/mol. The highest BCUT2D eigenvalue weighted by atomic mass is 16.5. The topological polar surface area (TPSA) is 76.1 Å². The molecular formula is C11H15NO5. The van der Waals surface area contributed by atoms with Crippen LogP contribution in [0.5, 0.6) is 0 Å². The highest BCUT2D eigenvalue weighted by Crippen LogP contribution is 2.30. The Morgan fingerprint density at radius 2 is 1.94 bits per heavy atom. The average Bonchev–Trinajstić information content (AvgIpc) is 2.90. The van der Waals surface area contributed by atoms with Crippen molar-refractivity contribution < 1.29 is 24.2 Å². The molecule has 0 aromatic carbocycles. The maximum Gasteiger partial charge on any atom is 0.258 e. The van der Waals surface area contributed by atoms with Gasteiger partial charge in [-0.05, 0) is 12.8 Å². The van der Waals surface area contributed by atoms with Crippen molar-refractivity contribution in [3.63, 3.8) is 0 Å². The lowest BCUT2D eigenvalue weighted by molar-refractivity contribution is -0.172. The first kappa shape index (κ1) is 11.1. The summed E-state index contributed by atoms with van der Waals surface area (Å²) in [7, 11) is 0. The number of nitrogens with zero attached hydrogens (tertiary/aromatic N) is 1. The van der Waals surface area contributed by atoms with E-state index < -0.39 is 17.8 Å². The lowest BCUT2D eigenvalue weighted by Gasteiger charge is -2.34. The van der Waals surface area contributed by atoms with Crippen molar-refractivity contribution in [1.82, 2.24) is 4.90 Å². The van der Waals surface area contributed by atoms with E-state index in [-0.39, 0.29) is 25.0 Å². The van der Waals surface area contributed by atoms with Crippen LogP contribution in [0.25, 0.3) is 0 Å². The number of ether oxygens (including phenoxy) is 2. The Kier molecular flexibility index (Phi) is 2.46. The van der Waals surface area contributed by atoms with Crippen LogP contribution in [0.3, 0.4) is 0 Å². The predicted octanol–water partition coefficient (Wildman–Crippen LogP) is -0.946. The molecule has 0 aromatic heterocycles. The van der Waals surface area contributed by atoms with Gasteiger partial charge in [0.1, 0.15) is 17.8 Å². The molecule has 0 radical (unpaired) electrons. The summed E-state index contributed by atoms with van der Waals surface area (Å²) in [4.78, 5) is 25.1. The van der Waals surface area contributed by atoms with Crippen LogP contribution < -0.4 is 0 Å². The molecule has 1 N–H and O–H groups in total. The number of β-amino-alcohol motifs (C(OH)–C–C–N with tert-alkyl or cyclic N) is 1. The van der Waals surface area contributed by atoms with E-state index in [9.17, 15) is 14.7 Å². The van der Waals surface area contributed by atoms with Gasteiger partial charge in [-0.15, -0.1) is 0 Å². The minimum absolute atomic E-state index is 0.0288. The second-order valence-corrected chi connectivity index (χ2v) is 4.98. The van der Waals surface area contributed by atoms with E-state index in [0.29, 0.717) is 25.9 Å². The van der Waals surface area contributed by atoms with Crippen LogP contribution in [0.1, 0.15) is 19.3 Å². The van der Waals surface area contributed by atoms with Crippen LogP contribution >= 0.6 is 0 Å². The van der Waals surface area contributed by atoms with Crippen LogP contribution in [0, 0.1) is 0 Å². The molecule has 17 heavy (non-hydrogen) atoms. The van der Waals surface area contributed by atoms with Crippen molar-refractivity contribution in [1.29, 1.82) is 0 Å². The molecule has 3 aliphatic rings. The lowest BCUT2D eigenvalue weighted by atomic mass is 10.0. The summed E-state index contributed by atoms with van der Waals surface area (Å²) in [6.45, 7) is 0.678. The minimum atomic E-state index is -1.08. The molecule has 0 aliphatic carbocycles. The molecule has 3 aliphatic heterocycles. The first-order valence-electron chi connectivity index (χ1n) is 5.90. The van der Waals surface area contributed by atoms with Crippen LogP contribution in [-0.2, 0) is 19.1 Å². The Bertz CT molecular complexity index is 341. The van der Waals surface area contributed by atoms with Gasteiger partial charge in [0.25, 0.3) is 11.8 Å². The molecule has 3 saturated heterocycles. The van der Waals surface area contributed by atoms with Crippen LogP contribution in [0.4, 0.5) is 0 Å². The Balaban J connectivity index is 1.77. The molecule has 3 atom stereocenters. The lowest BCUT2D eigenvalue weighted by Crippen LogP contribution is -2.57. The van der Waals surface area contributed by atoms with Crippen molar-refractivity contribution in [2.24, 2.45) is 0 Å². The third-order valence-electron chi connectivity index (χ3n) is 3.64. The van der Waals surface area contributed by atoms with Crippen molar-refractivity contribution in [2.75, 3.05) is 19.8 Å². The highest BCUT2D eigenvalue weighted by molar-refractivity contribution is 6.02. The number of fused-ring (bicyclic) bond motifs is 2. The molecule has 2 amide bonds. The minimum Gasteiger partial charge on any atom is -0.386 e. The molecule has 94 valence electrons. The molecule has 3 rings (SSSR count). The van der Waals surface area contributed by atoms with Crippen molar-refractivity contribution in [2.45, 2.75) is 37.1 Å². The molecule has 0 saturated carbocycles. The molecule has 6 heteroatoms. The SMILES string of the molecule is O=C1C2CCC(O2)C(=O)N1CC1(O)CCOC1. The smallest absolute Gasteiger partial charge is 0.258 e. The quantitative estimate of drug-likeness (QED) is 0.631. The average molecular weight is 241 g/mol. The van der Waals surface area contributed by atoms with Gasteiger partial charge in [0.05, 0.1) is 13.2 Å². The van der Waals surface area contributed by atoms with Crippen LogP contribution in [0.2, 0.25) is 0 Å². The number of rotatable bonds is 2. The van der Waals surface area contributed by atoms with E-state index in [0.717, 1.165) is 4.90 Å². The number of aliphatic hydroxyl groups is 1. The summed E-state index contributed by atoms with van der Waals surface area (Å²) in [6.07, 6.45) is 0.661. The molecule has 2 bridgehead atoms. The zero-order valence-corrected chi connectivity index (χ0v) is 9.42. The van der Waals surface area contributed by atoms with Crippen molar-refractivity contribution >= 4 is 11.8 Å². The standard InChI is InChI=1S/C11H15NO5/c13-9-7-1-2-8(17-7)10(14)12(9)5-11(15)3-4-16-6-11/h7-8,15H,1-6H2. The maximum atomic E-state index is 12.0. The van der Waals surface area contributed by atoms with E-state index >= 15 is 0 Å². The third-order valence-corrected chi connectivity index (χ3v) is 3.64. The molecule has 3 unspecified atom stereocenters.